The molecule has 4 rings (SSSR count). The minimum absolute atomic E-state index is 0.149. The molecule has 0 bridgehead atoms. The summed E-state index contributed by atoms with van der Waals surface area (Å²) in [4.78, 5) is 40.3. The van der Waals surface area contributed by atoms with Gasteiger partial charge in [0.25, 0.3) is 11.2 Å². The number of aryl methyl sites for hydroxylation is 1. The van der Waals surface area contributed by atoms with Crippen LogP contribution in [0.25, 0.3) is 10.9 Å². The Balaban J connectivity index is 1.63. The van der Waals surface area contributed by atoms with Gasteiger partial charge in [-0.15, -0.1) is 0 Å². The Morgan fingerprint density at radius 3 is 2.62 bits per heavy atom. The molecule has 0 saturated heterocycles. The number of rotatable bonds is 6. The summed E-state index contributed by atoms with van der Waals surface area (Å²) in [5, 5.41) is 11.8. The second kappa shape index (κ2) is 8.39. The van der Waals surface area contributed by atoms with Crippen LogP contribution in [0.5, 0.6) is 0 Å². The molecule has 0 radical (unpaired) electrons. The Morgan fingerprint density at radius 1 is 1.16 bits per heavy atom. The molecule has 8 nitrogen and oxygen atoms in total. The summed E-state index contributed by atoms with van der Waals surface area (Å²) in [6, 6.07) is 13.2. The Hall–Kier alpha value is -3.78. The van der Waals surface area contributed by atoms with Crippen molar-refractivity contribution in [3.8, 4) is 0 Å². The Morgan fingerprint density at radius 2 is 1.91 bits per heavy atom. The van der Waals surface area contributed by atoms with Gasteiger partial charge in [0, 0.05) is 40.7 Å². The van der Waals surface area contributed by atoms with Crippen molar-refractivity contribution in [1.82, 2.24) is 14.1 Å². The summed E-state index contributed by atoms with van der Waals surface area (Å²) in [7, 11) is 0. The van der Waals surface area contributed by atoms with Crippen LogP contribution >= 0.6 is 11.6 Å². The fourth-order valence-corrected chi connectivity index (χ4v) is 3.93. The second-order valence-electron chi connectivity index (χ2n) is 7.52. The van der Waals surface area contributed by atoms with Crippen molar-refractivity contribution >= 4 is 34.0 Å². The van der Waals surface area contributed by atoms with Crippen LogP contribution in [0.2, 0.25) is 5.02 Å². The molecule has 0 fully saturated rings. The summed E-state index contributed by atoms with van der Waals surface area (Å²) in [6.45, 7) is 4.12. The number of Topliss-reactive ketones (excluding diaryl/α,β-unsaturated/α-hetero) is 1. The third-order valence-electron chi connectivity index (χ3n) is 5.49. The highest BCUT2D eigenvalue weighted by Crippen LogP contribution is 2.22. The van der Waals surface area contributed by atoms with Crippen molar-refractivity contribution in [1.29, 1.82) is 0 Å². The molecule has 0 aliphatic rings. The average molecular weight is 451 g/mol. The maximum atomic E-state index is 13.0. The van der Waals surface area contributed by atoms with Gasteiger partial charge < -0.3 is 4.57 Å². The molecule has 4 aromatic rings. The lowest BCUT2D eigenvalue weighted by atomic mass is 10.1. The zero-order chi connectivity index (χ0) is 23.0. The van der Waals surface area contributed by atoms with Gasteiger partial charge in [0.15, 0.2) is 5.78 Å². The third kappa shape index (κ3) is 3.92. The van der Waals surface area contributed by atoms with Gasteiger partial charge in [-0.05, 0) is 37.6 Å². The molecule has 32 heavy (non-hydrogen) atoms. The number of fused-ring (bicyclic) bond motifs is 1. The number of carbonyl (C=O) groups is 1. The number of halogens is 1. The van der Waals surface area contributed by atoms with E-state index >= 15 is 0 Å². The molecule has 162 valence electrons. The smallest absolute Gasteiger partial charge is 0.271 e. The van der Waals surface area contributed by atoms with E-state index in [-0.39, 0.29) is 28.9 Å². The number of aromatic nitrogens is 3. The van der Waals surface area contributed by atoms with Gasteiger partial charge in [-0.3, -0.25) is 24.3 Å². The molecule has 2 aromatic carbocycles. The molecule has 0 unspecified atom stereocenters. The van der Waals surface area contributed by atoms with Gasteiger partial charge in [0.1, 0.15) is 0 Å². The first-order chi connectivity index (χ1) is 15.3. The summed E-state index contributed by atoms with van der Waals surface area (Å²) >= 11 is 6.29. The Kier molecular flexibility index (Phi) is 5.63. The molecule has 0 N–H and O–H groups in total. The number of carbonyl (C=O) groups excluding carboxylic acids is 1. The fourth-order valence-electron chi connectivity index (χ4n) is 3.74. The average Bonchev–Trinajstić information content (AvgIpc) is 3.05. The molecule has 0 saturated carbocycles. The first-order valence-corrected chi connectivity index (χ1v) is 10.2. The zero-order valence-electron chi connectivity index (χ0n) is 17.4. The van der Waals surface area contributed by atoms with Gasteiger partial charge in [-0.1, -0.05) is 29.8 Å². The molecule has 2 aromatic heterocycles. The van der Waals surface area contributed by atoms with E-state index in [9.17, 15) is 19.7 Å². The van der Waals surface area contributed by atoms with E-state index in [4.69, 9.17) is 11.6 Å². The number of benzene rings is 2. The molecule has 0 atom stereocenters. The lowest BCUT2D eigenvalue weighted by Crippen LogP contribution is -2.25. The van der Waals surface area contributed by atoms with E-state index in [1.165, 1.54) is 29.1 Å². The van der Waals surface area contributed by atoms with Crippen molar-refractivity contribution < 1.29 is 9.72 Å². The van der Waals surface area contributed by atoms with Crippen LogP contribution in [0.1, 0.15) is 27.3 Å². The number of nitro benzene ring substituents is 1. The minimum atomic E-state index is -0.547. The van der Waals surface area contributed by atoms with Crippen LogP contribution in [0, 0.1) is 24.0 Å². The van der Waals surface area contributed by atoms with Gasteiger partial charge in [-0.25, -0.2) is 4.98 Å². The van der Waals surface area contributed by atoms with Gasteiger partial charge in [0.05, 0.1) is 28.7 Å². The number of hydrogen-bond donors (Lipinski definition) is 0. The largest absolute Gasteiger partial charge is 0.344 e. The quantitative estimate of drug-likeness (QED) is 0.247. The van der Waals surface area contributed by atoms with E-state index in [0.29, 0.717) is 17.1 Å². The number of nitro groups is 1. The van der Waals surface area contributed by atoms with Crippen LogP contribution in [0.3, 0.4) is 0 Å². The highest BCUT2D eigenvalue weighted by atomic mass is 35.5. The van der Waals surface area contributed by atoms with Gasteiger partial charge in [0.2, 0.25) is 0 Å². The summed E-state index contributed by atoms with van der Waals surface area (Å²) in [6.07, 6.45) is 1.25. The van der Waals surface area contributed by atoms with Crippen molar-refractivity contribution in [2.45, 2.75) is 26.9 Å². The number of hydrogen-bond acceptors (Lipinski definition) is 5. The highest BCUT2D eigenvalue weighted by molar-refractivity contribution is 6.31. The Bertz CT molecular complexity index is 1440. The third-order valence-corrected chi connectivity index (χ3v) is 5.86. The number of nitrogens with zero attached hydrogens (tertiary/aromatic N) is 4. The van der Waals surface area contributed by atoms with Crippen molar-refractivity contribution in [3.05, 3.63) is 103 Å². The lowest BCUT2D eigenvalue weighted by molar-refractivity contribution is -0.384. The SMILES string of the molecule is Cc1cc(C(=O)Cn2cnc3cc([N+](=O)[O-])ccc3c2=O)c(C)n1Cc1ccccc1Cl. The lowest BCUT2D eigenvalue weighted by Gasteiger charge is -2.11. The van der Waals surface area contributed by atoms with Crippen molar-refractivity contribution in [3.63, 3.8) is 0 Å². The first kappa shape index (κ1) is 21.5. The van der Waals surface area contributed by atoms with Crippen LogP contribution in [-0.2, 0) is 13.1 Å². The monoisotopic (exact) mass is 450 g/mol. The topological polar surface area (TPSA) is 100 Å². The molecular weight excluding hydrogens is 432 g/mol. The van der Waals surface area contributed by atoms with E-state index < -0.39 is 10.5 Å². The maximum Gasteiger partial charge on any atom is 0.271 e. The first-order valence-electron chi connectivity index (χ1n) is 9.83. The summed E-state index contributed by atoms with van der Waals surface area (Å²) in [5.74, 6) is -0.228. The molecule has 2 heterocycles. The van der Waals surface area contributed by atoms with E-state index in [2.05, 4.69) is 4.98 Å². The number of ketones is 1. The maximum absolute atomic E-state index is 13.0. The van der Waals surface area contributed by atoms with E-state index in [1.807, 2.05) is 42.7 Å². The minimum Gasteiger partial charge on any atom is -0.344 e. The standard InChI is InChI=1S/C23H19ClN4O4/c1-14-9-19(15(2)27(14)11-16-5-3-4-6-20(16)24)22(29)12-26-13-25-21-10-17(28(31)32)7-8-18(21)23(26)30/h3-10,13H,11-12H2,1-2H3. The fraction of sp³-hybridized carbons (Fsp3) is 0.174. The van der Waals surface area contributed by atoms with E-state index in [1.54, 1.807) is 6.07 Å². The second-order valence-corrected chi connectivity index (χ2v) is 7.93. The molecular formula is C23H19ClN4O4. The van der Waals surface area contributed by atoms with E-state index in [0.717, 1.165) is 17.0 Å². The Labute approximate surface area is 187 Å². The number of non-ortho nitro benzene ring substituents is 1. The molecule has 0 aliphatic carbocycles. The molecule has 0 spiro atoms. The highest BCUT2D eigenvalue weighted by Gasteiger charge is 2.18. The van der Waals surface area contributed by atoms with Crippen LogP contribution in [0.4, 0.5) is 5.69 Å². The predicted molar refractivity (Wildman–Crippen MR) is 121 cm³/mol. The zero-order valence-corrected chi connectivity index (χ0v) is 18.2. The molecule has 9 heteroatoms. The van der Waals surface area contributed by atoms with Crippen LogP contribution in [0.15, 0.2) is 59.7 Å². The molecule has 0 amide bonds. The van der Waals surface area contributed by atoms with Gasteiger partial charge in [-0.2, -0.15) is 0 Å². The summed E-state index contributed by atoms with van der Waals surface area (Å²) < 4.78 is 3.23. The van der Waals surface area contributed by atoms with Crippen molar-refractivity contribution in [2.24, 2.45) is 0 Å². The predicted octanol–water partition coefficient (Wildman–Crippen LogP) is 4.31. The normalized spacial score (nSPS) is 11.1. The van der Waals surface area contributed by atoms with Crippen LogP contribution < -0.4 is 5.56 Å². The van der Waals surface area contributed by atoms with Crippen LogP contribution in [-0.4, -0.2) is 24.8 Å². The molecule has 0 aliphatic heterocycles. The summed E-state index contributed by atoms with van der Waals surface area (Å²) in [5.41, 5.74) is 2.79. The van der Waals surface area contributed by atoms with Gasteiger partial charge >= 0.3 is 0 Å². The van der Waals surface area contributed by atoms with Crippen molar-refractivity contribution in [2.75, 3.05) is 0 Å².